The van der Waals surface area contributed by atoms with Gasteiger partial charge < -0.3 is 26.8 Å². The van der Waals surface area contributed by atoms with E-state index in [1.165, 1.54) is 0 Å². The number of benzene rings is 2. The van der Waals surface area contributed by atoms with Gasteiger partial charge in [0.05, 0.1) is 11.7 Å². The van der Waals surface area contributed by atoms with Crippen LogP contribution in [0.15, 0.2) is 54.6 Å². The number of aliphatic hydroxyl groups is 3. The Labute approximate surface area is 183 Å². The SMILES string of the molecule is CN1C(O)N(Cc2ccccc2)C2(CCN(C(O)c3ccc(C(N)N)cc3)CC2)C1O. The molecule has 0 radical (unpaired) electrons. The second-order valence-corrected chi connectivity index (χ2v) is 8.70. The number of likely N-dealkylation sites (N-methyl/N-ethyl adjacent to an activating group) is 1. The van der Waals surface area contributed by atoms with Crippen molar-refractivity contribution in [1.29, 1.82) is 0 Å². The summed E-state index contributed by atoms with van der Waals surface area (Å²) >= 11 is 0. The van der Waals surface area contributed by atoms with Gasteiger partial charge in [-0.3, -0.25) is 9.80 Å². The highest BCUT2D eigenvalue weighted by Gasteiger charge is 2.56. The molecule has 8 nitrogen and oxygen atoms in total. The van der Waals surface area contributed by atoms with Crippen LogP contribution in [-0.4, -0.2) is 68.3 Å². The van der Waals surface area contributed by atoms with E-state index >= 15 is 0 Å². The largest absolute Gasteiger partial charge is 0.376 e. The fraction of sp³-hybridized carbons (Fsp3) is 0.478. The third kappa shape index (κ3) is 4.13. The van der Waals surface area contributed by atoms with Crippen LogP contribution < -0.4 is 11.5 Å². The fourth-order valence-corrected chi connectivity index (χ4v) is 4.93. The minimum Gasteiger partial charge on any atom is -0.376 e. The number of hydrogen-bond donors (Lipinski definition) is 5. The van der Waals surface area contributed by atoms with Crippen LogP contribution in [0.2, 0.25) is 0 Å². The van der Waals surface area contributed by atoms with Crippen LogP contribution in [0.5, 0.6) is 0 Å². The van der Waals surface area contributed by atoms with Crippen molar-refractivity contribution in [1.82, 2.24) is 14.7 Å². The lowest BCUT2D eigenvalue weighted by Gasteiger charge is -2.47. The highest BCUT2D eigenvalue weighted by atomic mass is 16.4. The van der Waals surface area contributed by atoms with E-state index in [9.17, 15) is 15.3 Å². The smallest absolute Gasteiger partial charge is 0.168 e. The van der Waals surface area contributed by atoms with E-state index in [1.807, 2.05) is 64.4 Å². The molecule has 2 aromatic rings. The zero-order valence-electron chi connectivity index (χ0n) is 17.9. The van der Waals surface area contributed by atoms with Crippen LogP contribution >= 0.6 is 0 Å². The number of nitrogens with zero attached hydrogens (tertiary/aromatic N) is 3. The molecular formula is C23H33N5O3. The van der Waals surface area contributed by atoms with Crippen molar-refractivity contribution in [2.24, 2.45) is 11.5 Å². The highest BCUT2D eigenvalue weighted by Crippen LogP contribution is 2.42. The molecule has 0 bridgehead atoms. The number of hydrogen-bond acceptors (Lipinski definition) is 8. The Balaban J connectivity index is 1.49. The second-order valence-electron chi connectivity index (χ2n) is 8.70. The summed E-state index contributed by atoms with van der Waals surface area (Å²) in [6, 6.07) is 17.3. The van der Waals surface area contributed by atoms with Gasteiger partial charge in [0, 0.05) is 19.6 Å². The van der Waals surface area contributed by atoms with Crippen molar-refractivity contribution in [3.8, 4) is 0 Å². The van der Waals surface area contributed by atoms with E-state index in [-0.39, 0.29) is 0 Å². The zero-order valence-corrected chi connectivity index (χ0v) is 17.9. The summed E-state index contributed by atoms with van der Waals surface area (Å²) in [4.78, 5) is 5.61. The van der Waals surface area contributed by atoms with Crippen molar-refractivity contribution < 1.29 is 15.3 Å². The van der Waals surface area contributed by atoms with E-state index < -0.39 is 30.5 Å². The Hall–Kier alpha value is -1.88. The fourth-order valence-electron chi connectivity index (χ4n) is 4.93. The summed E-state index contributed by atoms with van der Waals surface area (Å²) in [5.74, 6) is 0. The topological polar surface area (TPSA) is 122 Å². The molecule has 1 spiro atoms. The molecule has 2 aliphatic heterocycles. The van der Waals surface area contributed by atoms with Crippen LogP contribution in [0.4, 0.5) is 0 Å². The van der Waals surface area contributed by atoms with Crippen molar-refractivity contribution >= 4 is 0 Å². The highest BCUT2D eigenvalue weighted by molar-refractivity contribution is 5.26. The second kappa shape index (κ2) is 8.93. The quantitative estimate of drug-likeness (QED) is 0.437. The lowest BCUT2D eigenvalue weighted by Crippen LogP contribution is -2.58. The summed E-state index contributed by atoms with van der Waals surface area (Å²) in [6.07, 6.45) is -1.67. The molecule has 31 heavy (non-hydrogen) atoms. The van der Waals surface area contributed by atoms with Gasteiger partial charge in [-0.25, -0.2) is 4.90 Å². The third-order valence-electron chi connectivity index (χ3n) is 6.91. The first-order chi connectivity index (χ1) is 14.8. The lowest BCUT2D eigenvalue weighted by molar-refractivity contribution is -0.0991. The summed E-state index contributed by atoms with van der Waals surface area (Å²) in [7, 11) is 1.74. The molecule has 2 heterocycles. The number of piperidine rings is 1. The zero-order chi connectivity index (χ0) is 22.2. The minimum absolute atomic E-state index is 0.538. The Morgan fingerprint density at radius 1 is 0.968 bits per heavy atom. The molecule has 8 heteroatoms. The molecular weight excluding hydrogens is 394 g/mol. The summed E-state index contributed by atoms with van der Waals surface area (Å²) in [5, 5.41) is 32.8. The molecule has 0 aromatic heterocycles. The molecule has 4 rings (SSSR count). The molecule has 2 fully saturated rings. The Morgan fingerprint density at radius 2 is 1.55 bits per heavy atom. The molecule has 2 aliphatic rings. The van der Waals surface area contributed by atoms with Crippen LogP contribution in [0, 0.1) is 0 Å². The Morgan fingerprint density at radius 3 is 2.13 bits per heavy atom. The van der Waals surface area contributed by atoms with Crippen LogP contribution in [0.25, 0.3) is 0 Å². The molecule has 3 atom stereocenters. The van der Waals surface area contributed by atoms with E-state index in [1.54, 1.807) is 11.9 Å². The van der Waals surface area contributed by atoms with Gasteiger partial charge in [-0.15, -0.1) is 0 Å². The normalized spacial score (nSPS) is 26.0. The van der Waals surface area contributed by atoms with E-state index in [4.69, 9.17) is 11.5 Å². The van der Waals surface area contributed by atoms with Crippen molar-refractivity contribution in [3.05, 3.63) is 71.3 Å². The number of rotatable bonds is 5. The van der Waals surface area contributed by atoms with Crippen LogP contribution in [0.1, 0.15) is 41.9 Å². The van der Waals surface area contributed by atoms with E-state index in [0.29, 0.717) is 32.5 Å². The summed E-state index contributed by atoms with van der Waals surface area (Å²) in [6.45, 7) is 1.75. The van der Waals surface area contributed by atoms with Crippen LogP contribution in [-0.2, 0) is 6.54 Å². The van der Waals surface area contributed by atoms with Crippen molar-refractivity contribution in [2.45, 2.75) is 49.9 Å². The van der Waals surface area contributed by atoms with Gasteiger partial charge >= 0.3 is 0 Å². The van der Waals surface area contributed by atoms with Gasteiger partial charge in [0.1, 0.15) is 12.5 Å². The molecule has 0 amide bonds. The Kier molecular flexibility index (Phi) is 6.43. The predicted molar refractivity (Wildman–Crippen MR) is 118 cm³/mol. The molecule has 2 aromatic carbocycles. The maximum absolute atomic E-state index is 11.0. The van der Waals surface area contributed by atoms with Gasteiger partial charge in [-0.2, -0.15) is 0 Å². The maximum Gasteiger partial charge on any atom is 0.168 e. The lowest BCUT2D eigenvalue weighted by atomic mass is 9.84. The molecule has 0 saturated carbocycles. The van der Waals surface area contributed by atoms with E-state index in [2.05, 4.69) is 0 Å². The predicted octanol–water partition coefficient (Wildman–Crippen LogP) is 0.470. The third-order valence-corrected chi connectivity index (χ3v) is 6.91. The maximum atomic E-state index is 11.0. The van der Waals surface area contributed by atoms with E-state index in [0.717, 1.165) is 16.7 Å². The standard InChI is InChI=1S/C23H33N5O3/c1-26-21(30)23(28(22(26)31)15-16-5-3-2-4-6-16)11-13-27(14-12-23)20(29)18-9-7-17(8-10-18)19(24)25/h2-10,19-22,29-31H,11-15,24-25H2,1H3. The Bertz CT molecular complexity index is 855. The van der Waals surface area contributed by atoms with Gasteiger partial charge in [0.2, 0.25) is 0 Å². The van der Waals surface area contributed by atoms with Gasteiger partial charge in [-0.1, -0.05) is 54.6 Å². The average Bonchev–Trinajstić information content (AvgIpc) is 2.96. The number of nitrogens with two attached hydrogens (primary N) is 2. The monoisotopic (exact) mass is 427 g/mol. The first-order valence-electron chi connectivity index (χ1n) is 10.8. The van der Waals surface area contributed by atoms with Crippen molar-refractivity contribution in [3.63, 3.8) is 0 Å². The first kappa shape index (κ1) is 22.3. The molecule has 7 N–H and O–H groups in total. The van der Waals surface area contributed by atoms with Gasteiger partial charge in [0.25, 0.3) is 0 Å². The number of aliphatic hydroxyl groups excluding tert-OH is 3. The first-order valence-corrected chi connectivity index (χ1v) is 10.8. The molecule has 2 saturated heterocycles. The summed E-state index contributed by atoms with van der Waals surface area (Å²) < 4.78 is 0. The molecule has 168 valence electrons. The van der Waals surface area contributed by atoms with Gasteiger partial charge in [0.15, 0.2) is 6.35 Å². The molecule has 3 unspecified atom stereocenters. The number of likely N-dealkylation sites (tertiary alicyclic amines) is 1. The minimum atomic E-state index is -0.861. The van der Waals surface area contributed by atoms with Crippen LogP contribution in [0.3, 0.4) is 0 Å². The average molecular weight is 428 g/mol. The van der Waals surface area contributed by atoms with Crippen molar-refractivity contribution in [2.75, 3.05) is 20.1 Å². The molecule has 0 aliphatic carbocycles. The summed E-state index contributed by atoms with van der Waals surface area (Å²) in [5.41, 5.74) is 13.5. The van der Waals surface area contributed by atoms with Gasteiger partial charge in [-0.05, 0) is 36.6 Å².